The molecule has 1 rings (SSSR count). The molecule has 5 N–H and O–H groups in total. The summed E-state index contributed by atoms with van der Waals surface area (Å²) in [6.45, 7) is 4.19. The summed E-state index contributed by atoms with van der Waals surface area (Å²) in [5.41, 5.74) is 6.85. The molecule has 0 amide bonds. The van der Waals surface area contributed by atoms with Crippen LogP contribution >= 0.6 is 0 Å². The van der Waals surface area contributed by atoms with Crippen molar-refractivity contribution in [2.45, 2.75) is 24.8 Å². The molecule has 0 aliphatic heterocycles. The third-order valence-electron chi connectivity index (χ3n) is 2.60. The highest BCUT2D eigenvalue weighted by molar-refractivity contribution is 7.89. The molecule has 18 heavy (non-hydrogen) atoms. The Bertz CT molecular complexity index is 514. The minimum Gasteiger partial charge on any atom is -0.397 e. The SMILES string of the molecule is CC(C)N(CCO)c1cc(S(N)(=O)=O)ccc1N. The van der Waals surface area contributed by atoms with Crippen LogP contribution in [0.15, 0.2) is 23.1 Å². The van der Waals surface area contributed by atoms with Gasteiger partial charge >= 0.3 is 0 Å². The van der Waals surface area contributed by atoms with Gasteiger partial charge in [-0.05, 0) is 32.0 Å². The van der Waals surface area contributed by atoms with Crippen LogP contribution in [-0.2, 0) is 10.0 Å². The van der Waals surface area contributed by atoms with Gasteiger partial charge in [-0.15, -0.1) is 0 Å². The number of hydrogen-bond donors (Lipinski definition) is 3. The van der Waals surface area contributed by atoms with E-state index >= 15 is 0 Å². The molecule has 0 heterocycles. The minimum atomic E-state index is -3.76. The van der Waals surface area contributed by atoms with Crippen LogP contribution in [0.1, 0.15) is 13.8 Å². The molecule has 0 aliphatic rings. The van der Waals surface area contributed by atoms with Gasteiger partial charge in [-0.2, -0.15) is 0 Å². The lowest BCUT2D eigenvalue weighted by atomic mass is 10.2. The van der Waals surface area contributed by atoms with Gasteiger partial charge in [0.05, 0.1) is 22.9 Å². The normalized spacial score (nSPS) is 11.8. The average Bonchev–Trinajstić information content (AvgIpc) is 2.25. The second-order valence-electron chi connectivity index (χ2n) is 4.28. The fraction of sp³-hybridized carbons (Fsp3) is 0.455. The first kappa shape index (κ1) is 14.7. The molecule has 0 saturated heterocycles. The van der Waals surface area contributed by atoms with E-state index in [2.05, 4.69) is 0 Å². The molecule has 0 atom stereocenters. The molecule has 1 aromatic rings. The predicted octanol–water partition coefficient (Wildman–Crippen LogP) is 0.123. The van der Waals surface area contributed by atoms with Gasteiger partial charge in [0.1, 0.15) is 0 Å². The minimum absolute atomic E-state index is 0.00953. The molecule has 0 saturated carbocycles. The third kappa shape index (κ3) is 3.34. The van der Waals surface area contributed by atoms with Crippen LogP contribution in [0.5, 0.6) is 0 Å². The van der Waals surface area contributed by atoms with Crippen molar-refractivity contribution in [3.8, 4) is 0 Å². The largest absolute Gasteiger partial charge is 0.397 e. The molecule has 7 heteroatoms. The first-order chi connectivity index (χ1) is 8.27. The molecule has 0 spiro atoms. The van der Waals surface area contributed by atoms with Gasteiger partial charge in [-0.1, -0.05) is 0 Å². The Hall–Kier alpha value is -1.31. The zero-order valence-electron chi connectivity index (χ0n) is 10.5. The molecule has 0 aromatic heterocycles. The van der Waals surface area contributed by atoms with E-state index in [9.17, 15) is 8.42 Å². The van der Waals surface area contributed by atoms with E-state index in [-0.39, 0.29) is 17.5 Å². The second-order valence-corrected chi connectivity index (χ2v) is 5.84. The summed E-state index contributed by atoms with van der Waals surface area (Å²) >= 11 is 0. The summed E-state index contributed by atoms with van der Waals surface area (Å²) < 4.78 is 22.6. The summed E-state index contributed by atoms with van der Waals surface area (Å²) in [6.07, 6.45) is 0. The van der Waals surface area contributed by atoms with Crippen LogP contribution < -0.4 is 15.8 Å². The molecule has 6 nitrogen and oxygen atoms in total. The lowest BCUT2D eigenvalue weighted by Gasteiger charge is -2.29. The highest BCUT2D eigenvalue weighted by Gasteiger charge is 2.16. The number of rotatable bonds is 5. The molecular weight excluding hydrogens is 254 g/mol. The highest BCUT2D eigenvalue weighted by Crippen LogP contribution is 2.27. The first-order valence-electron chi connectivity index (χ1n) is 5.57. The Kier molecular flexibility index (Phi) is 4.55. The van der Waals surface area contributed by atoms with E-state index in [1.165, 1.54) is 18.2 Å². The fourth-order valence-electron chi connectivity index (χ4n) is 1.71. The van der Waals surface area contributed by atoms with Crippen molar-refractivity contribution < 1.29 is 13.5 Å². The molecule has 0 radical (unpaired) electrons. The maximum Gasteiger partial charge on any atom is 0.238 e. The van der Waals surface area contributed by atoms with Crippen LogP contribution in [0, 0.1) is 0 Å². The Morgan fingerprint density at radius 2 is 2.00 bits per heavy atom. The van der Waals surface area contributed by atoms with E-state index in [1.54, 1.807) is 0 Å². The van der Waals surface area contributed by atoms with Gasteiger partial charge in [0.2, 0.25) is 10.0 Å². The third-order valence-corrected chi connectivity index (χ3v) is 3.52. The molecule has 0 bridgehead atoms. The van der Waals surface area contributed by atoms with Crippen molar-refractivity contribution in [1.29, 1.82) is 0 Å². The van der Waals surface area contributed by atoms with Crippen molar-refractivity contribution in [2.24, 2.45) is 5.14 Å². The quantitative estimate of drug-likeness (QED) is 0.660. The number of sulfonamides is 1. The maximum absolute atomic E-state index is 11.3. The zero-order valence-corrected chi connectivity index (χ0v) is 11.3. The summed E-state index contributed by atoms with van der Waals surface area (Å²) in [4.78, 5) is 1.83. The van der Waals surface area contributed by atoms with E-state index < -0.39 is 10.0 Å². The van der Waals surface area contributed by atoms with Gasteiger partial charge < -0.3 is 15.7 Å². The van der Waals surface area contributed by atoms with Crippen LogP contribution in [0.25, 0.3) is 0 Å². The van der Waals surface area contributed by atoms with E-state index in [0.29, 0.717) is 17.9 Å². The molecule has 0 fully saturated rings. The van der Waals surface area contributed by atoms with E-state index in [4.69, 9.17) is 16.0 Å². The predicted molar refractivity (Wildman–Crippen MR) is 71.8 cm³/mol. The second kappa shape index (κ2) is 5.55. The Balaban J connectivity index is 3.29. The standard InChI is InChI=1S/C11H19N3O3S/c1-8(2)14(5-6-15)11-7-9(18(13,16)17)3-4-10(11)12/h3-4,7-8,15H,5-6,12H2,1-2H3,(H2,13,16,17). The number of nitrogen functional groups attached to an aromatic ring is 1. The number of nitrogens with two attached hydrogens (primary N) is 2. The lowest BCUT2D eigenvalue weighted by molar-refractivity contribution is 0.299. The van der Waals surface area contributed by atoms with Gasteiger partial charge in [0, 0.05) is 12.6 Å². The van der Waals surface area contributed by atoms with Gasteiger partial charge in [-0.25, -0.2) is 13.6 Å². The van der Waals surface area contributed by atoms with Gasteiger partial charge in [0.25, 0.3) is 0 Å². The number of aliphatic hydroxyl groups excluding tert-OH is 1. The molecule has 0 aliphatic carbocycles. The van der Waals surface area contributed by atoms with Crippen LogP contribution in [0.3, 0.4) is 0 Å². The first-order valence-corrected chi connectivity index (χ1v) is 7.12. The van der Waals surface area contributed by atoms with Crippen molar-refractivity contribution in [3.63, 3.8) is 0 Å². The average molecular weight is 273 g/mol. The number of anilines is 2. The van der Waals surface area contributed by atoms with E-state index in [0.717, 1.165) is 0 Å². The number of hydrogen-bond acceptors (Lipinski definition) is 5. The topological polar surface area (TPSA) is 110 Å². The number of nitrogens with zero attached hydrogens (tertiary/aromatic N) is 1. The summed E-state index contributed by atoms with van der Waals surface area (Å²) in [5.74, 6) is 0. The van der Waals surface area contributed by atoms with Crippen LogP contribution in [-0.4, -0.2) is 32.7 Å². The van der Waals surface area contributed by atoms with Crippen molar-refractivity contribution in [2.75, 3.05) is 23.8 Å². The Morgan fingerprint density at radius 1 is 1.39 bits per heavy atom. The summed E-state index contributed by atoms with van der Waals surface area (Å²) in [7, 11) is -3.76. The van der Waals surface area contributed by atoms with Gasteiger partial charge in [0.15, 0.2) is 0 Å². The summed E-state index contributed by atoms with van der Waals surface area (Å²) in [5, 5.41) is 14.1. The van der Waals surface area contributed by atoms with Crippen molar-refractivity contribution in [1.82, 2.24) is 0 Å². The number of primary sulfonamides is 1. The maximum atomic E-state index is 11.3. The Morgan fingerprint density at radius 3 is 2.44 bits per heavy atom. The van der Waals surface area contributed by atoms with Crippen molar-refractivity contribution >= 4 is 21.4 Å². The molecular formula is C11H19N3O3S. The smallest absolute Gasteiger partial charge is 0.238 e. The summed E-state index contributed by atoms with van der Waals surface area (Å²) in [6, 6.07) is 4.38. The fourth-order valence-corrected chi connectivity index (χ4v) is 2.25. The zero-order chi connectivity index (χ0) is 13.9. The van der Waals surface area contributed by atoms with E-state index in [1.807, 2.05) is 18.7 Å². The number of aliphatic hydroxyl groups is 1. The number of benzene rings is 1. The van der Waals surface area contributed by atoms with Crippen LogP contribution in [0.4, 0.5) is 11.4 Å². The lowest BCUT2D eigenvalue weighted by Crippen LogP contribution is -2.34. The van der Waals surface area contributed by atoms with Crippen LogP contribution in [0.2, 0.25) is 0 Å². The highest BCUT2D eigenvalue weighted by atomic mass is 32.2. The monoisotopic (exact) mass is 273 g/mol. The van der Waals surface area contributed by atoms with Crippen molar-refractivity contribution in [3.05, 3.63) is 18.2 Å². The Labute approximate surface area is 107 Å². The molecule has 0 unspecified atom stereocenters. The molecule has 102 valence electrons. The molecule has 1 aromatic carbocycles. The van der Waals surface area contributed by atoms with Gasteiger partial charge in [-0.3, -0.25) is 0 Å².